The van der Waals surface area contributed by atoms with Crippen LogP contribution in [0, 0.1) is 5.92 Å². The molecule has 0 saturated carbocycles. The molecule has 1 saturated heterocycles. The minimum absolute atomic E-state index is 0.177. The number of hydrogen-bond acceptors (Lipinski definition) is 4. The zero-order valence-electron chi connectivity index (χ0n) is 10.7. The van der Waals surface area contributed by atoms with Gasteiger partial charge in [-0.3, -0.25) is 0 Å². The van der Waals surface area contributed by atoms with Gasteiger partial charge in [0.15, 0.2) is 0 Å². The Balaban J connectivity index is 1.89. The molecule has 96 valence electrons. The van der Waals surface area contributed by atoms with E-state index >= 15 is 0 Å². The van der Waals surface area contributed by atoms with Crippen LogP contribution in [0.3, 0.4) is 0 Å². The maximum absolute atomic E-state index is 9.11. The standard InChI is InChI=1S/C13H22N2OS/c1-3-15-5-4-11(7-15)6-13-14-12(9-17-13)10(2)8-16/h9-11,16H,3-8H2,1-2H3. The van der Waals surface area contributed by atoms with Crippen molar-refractivity contribution in [1.82, 2.24) is 9.88 Å². The van der Waals surface area contributed by atoms with Gasteiger partial charge in [-0.15, -0.1) is 11.3 Å². The summed E-state index contributed by atoms with van der Waals surface area (Å²) in [5.74, 6) is 0.953. The summed E-state index contributed by atoms with van der Waals surface area (Å²) in [4.78, 5) is 7.14. The normalized spacial score (nSPS) is 23.1. The molecule has 4 heteroatoms. The molecular formula is C13H22N2OS. The molecule has 0 amide bonds. The van der Waals surface area contributed by atoms with Crippen molar-refractivity contribution in [2.24, 2.45) is 5.92 Å². The first-order valence-corrected chi connectivity index (χ1v) is 7.38. The molecule has 0 bridgehead atoms. The van der Waals surface area contributed by atoms with Crippen LogP contribution < -0.4 is 0 Å². The fourth-order valence-electron chi connectivity index (χ4n) is 2.35. The molecular weight excluding hydrogens is 232 g/mol. The molecule has 1 aliphatic heterocycles. The van der Waals surface area contributed by atoms with E-state index in [4.69, 9.17) is 5.11 Å². The third-order valence-corrected chi connectivity index (χ3v) is 4.52. The van der Waals surface area contributed by atoms with E-state index in [1.54, 1.807) is 11.3 Å². The van der Waals surface area contributed by atoms with E-state index < -0.39 is 0 Å². The van der Waals surface area contributed by atoms with Crippen molar-refractivity contribution in [3.05, 3.63) is 16.1 Å². The Morgan fingerprint density at radius 2 is 2.47 bits per heavy atom. The number of rotatable bonds is 5. The Kier molecular flexibility index (Phi) is 4.54. The van der Waals surface area contributed by atoms with Gasteiger partial charge in [-0.2, -0.15) is 0 Å². The molecule has 2 unspecified atom stereocenters. The molecule has 0 radical (unpaired) electrons. The third-order valence-electron chi connectivity index (χ3n) is 3.63. The Bertz CT molecular complexity index is 353. The van der Waals surface area contributed by atoms with Crippen molar-refractivity contribution in [3.63, 3.8) is 0 Å². The van der Waals surface area contributed by atoms with Gasteiger partial charge >= 0.3 is 0 Å². The van der Waals surface area contributed by atoms with Crippen LogP contribution in [0.2, 0.25) is 0 Å². The number of hydrogen-bond donors (Lipinski definition) is 1. The molecule has 1 aromatic rings. The lowest BCUT2D eigenvalue weighted by molar-refractivity contribution is 0.271. The highest BCUT2D eigenvalue weighted by Gasteiger charge is 2.22. The summed E-state index contributed by atoms with van der Waals surface area (Å²) in [6, 6.07) is 0. The van der Waals surface area contributed by atoms with E-state index in [2.05, 4.69) is 22.2 Å². The summed E-state index contributed by atoms with van der Waals surface area (Å²) in [6.45, 7) is 8.07. The highest BCUT2D eigenvalue weighted by molar-refractivity contribution is 7.09. The lowest BCUT2D eigenvalue weighted by Crippen LogP contribution is -2.20. The van der Waals surface area contributed by atoms with E-state index in [-0.39, 0.29) is 12.5 Å². The lowest BCUT2D eigenvalue weighted by atomic mass is 10.1. The number of thiazole rings is 1. The first-order valence-electron chi connectivity index (χ1n) is 6.50. The quantitative estimate of drug-likeness (QED) is 0.874. The van der Waals surface area contributed by atoms with Gasteiger partial charge in [0.2, 0.25) is 0 Å². The van der Waals surface area contributed by atoms with Crippen LogP contribution in [0.4, 0.5) is 0 Å². The van der Waals surface area contributed by atoms with Crippen LogP contribution in [0.15, 0.2) is 5.38 Å². The molecule has 17 heavy (non-hydrogen) atoms. The van der Waals surface area contributed by atoms with Crippen LogP contribution in [-0.2, 0) is 6.42 Å². The molecule has 0 spiro atoms. The van der Waals surface area contributed by atoms with E-state index in [0.29, 0.717) is 0 Å². The SMILES string of the molecule is CCN1CCC(Cc2nc(C(C)CO)cs2)C1. The zero-order valence-corrected chi connectivity index (χ0v) is 11.5. The topological polar surface area (TPSA) is 36.4 Å². The Morgan fingerprint density at radius 3 is 3.12 bits per heavy atom. The van der Waals surface area contributed by atoms with Crippen molar-refractivity contribution in [2.45, 2.75) is 32.6 Å². The van der Waals surface area contributed by atoms with E-state index in [1.807, 2.05) is 6.92 Å². The van der Waals surface area contributed by atoms with Crippen molar-refractivity contribution in [3.8, 4) is 0 Å². The van der Waals surface area contributed by atoms with Gasteiger partial charge in [-0.1, -0.05) is 13.8 Å². The Morgan fingerprint density at radius 1 is 1.65 bits per heavy atom. The average Bonchev–Trinajstić information content (AvgIpc) is 2.97. The number of aliphatic hydroxyl groups is 1. The minimum atomic E-state index is 0.177. The predicted octanol–water partition coefficient (Wildman–Crippen LogP) is 2.12. The number of nitrogens with zero attached hydrogens (tertiary/aromatic N) is 2. The highest BCUT2D eigenvalue weighted by Crippen LogP contribution is 2.24. The van der Waals surface area contributed by atoms with E-state index in [1.165, 1.54) is 31.1 Å². The number of likely N-dealkylation sites (tertiary alicyclic amines) is 1. The Hall–Kier alpha value is -0.450. The summed E-state index contributed by atoms with van der Waals surface area (Å²) in [5, 5.41) is 12.4. The molecule has 1 aromatic heterocycles. The molecule has 2 heterocycles. The summed E-state index contributed by atoms with van der Waals surface area (Å²) in [5.41, 5.74) is 1.05. The zero-order chi connectivity index (χ0) is 12.3. The van der Waals surface area contributed by atoms with Gasteiger partial charge in [0, 0.05) is 24.3 Å². The lowest BCUT2D eigenvalue weighted by Gasteiger charge is -2.11. The molecule has 1 aliphatic rings. The van der Waals surface area contributed by atoms with Crippen LogP contribution in [-0.4, -0.2) is 41.2 Å². The van der Waals surface area contributed by atoms with Gasteiger partial charge in [0.1, 0.15) is 0 Å². The van der Waals surface area contributed by atoms with Crippen molar-refractivity contribution in [2.75, 3.05) is 26.2 Å². The number of aliphatic hydroxyl groups excluding tert-OH is 1. The summed E-state index contributed by atoms with van der Waals surface area (Å²) < 4.78 is 0. The molecule has 0 aromatic carbocycles. The van der Waals surface area contributed by atoms with Crippen LogP contribution in [0.5, 0.6) is 0 Å². The third kappa shape index (κ3) is 3.27. The van der Waals surface area contributed by atoms with Gasteiger partial charge in [-0.05, 0) is 25.4 Å². The first-order chi connectivity index (χ1) is 8.22. The van der Waals surface area contributed by atoms with Gasteiger partial charge in [-0.25, -0.2) is 4.98 Å². The molecule has 0 aliphatic carbocycles. The molecule has 2 rings (SSSR count). The van der Waals surface area contributed by atoms with E-state index in [0.717, 1.165) is 18.0 Å². The molecule has 1 fully saturated rings. The fraction of sp³-hybridized carbons (Fsp3) is 0.769. The second-order valence-corrected chi connectivity index (χ2v) is 5.94. The molecule has 3 nitrogen and oxygen atoms in total. The average molecular weight is 254 g/mol. The second kappa shape index (κ2) is 5.94. The highest BCUT2D eigenvalue weighted by atomic mass is 32.1. The summed E-state index contributed by atoms with van der Waals surface area (Å²) in [7, 11) is 0. The van der Waals surface area contributed by atoms with Crippen molar-refractivity contribution < 1.29 is 5.11 Å². The smallest absolute Gasteiger partial charge is 0.0931 e. The van der Waals surface area contributed by atoms with Gasteiger partial charge in [0.05, 0.1) is 17.3 Å². The fourth-order valence-corrected chi connectivity index (χ4v) is 3.38. The molecule has 2 atom stereocenters. The van der Waals surface area contributed by atoms with Gasteiger partial charge < -0.3 is 10.0 Å². The number of aromatic nitrogens is 1. The Labute approximate surface area is 107 Å². The monoisotopic (exact) mass is 254 g/mol. The van der Waals surface area contributed by atoms with Gasteiger partial charge in [0.25, 0.3) is 0 Å². The maximum atomic E-state index is 9.11. The summed E-state index contributed by atoms with van der Waals surface area (Å²) in [6.07, 6.45) is 2.41. The van der Waals surface area contributed by atoms with Crippen molar-refractivity contribution >= 4 is 11.3 Å². The largest absolute Gasteiger partial charge is 0.396 e. The van der Waals surface area contributed by atoms with Crippen LogP contribution in [0.1, 0.15) is 36.9 Å². The first kappa shape index (κ1) is 13.0. The molecule has 1 N–H and O–H groups in total. The predicted molar refractivity (Wildman–Crippen MR) is 71.5 cm³/mol. The van der Waals surface area contributed by atoms with Crippen LogP contribution >= 0.6 is 11.3 Å². The van der Waals surface area contributed by atoms with Crippen molar-refractivity contribution in [1.29, 1.82) is 0 Å². The maximum Gasteiger partial charge on any atom is 0.0931 e. The van der Waals surface area contributed by atoms with E-state index in [9.17, 15) is 0 Å². The van der Waals surface area contributed by atoms with Crippen LogP contribution in [0.25, 0.3) is 0 Å². The summed E-state index contributed by atoms with van der Waals surface area (Å²) >= 11 is 1.75. The minimum Gasteiger partial charge on any atom is -0.396 e. The second-order valence-electron chi connectivity index (χ2n) is 5.00.